The van der Waals surface area contributed by atoms with Crippen molar-refractivity contribution < 1.29 is 9.59 Å². The first-order valence-electron chi connectivity index (χ1n) is 7.70. The number of hydrogen-bond acceptors (Lipinski definition) is 2. The number of benzene rings is 1. The Balaban J connectivity index is 2.01. The summed E-state index contributed by atoms with van der Waals surface area (Å²) in [6, 6.07) is 7.97. The van der Waals surface area contributed by atoms with Gasteiger partial charge in [0.2, 0.25) is 11.8 Å². The van der Waals surface area contributed by atoms with E-state index in [2.05, 4.69) is 21.2 Å². The summed E-state index contributed by atoms with van der Waals surface area (Å²) in [5, 5.41) is 2.54. The van der Waals surface area contributed by atoms with Crippen LogP contribution in [0.15, 0.2) is 28.7 Å². The number of carbonyl (C=O) groups is 2. The van der Waals surface area contributed by atoms with Crippen molar-refractivity contribution in [2.24, 2.45) is 5.41 Å². The molecule has 1 heterocycles. The van der Waals surface area contributed by atoms with Gasteiger partial charge in [-0.05, 0) is 36.0 Å². The quantitative estimate of drug-likeness (QED) is 0.781. The average Bonchev–Trinajstić information content (AvgIpc) is 2.66. The van der Waals surface area contributed by atoms with Gasteiger partial charge in [0.05, 0.1) is 5.92 Å². The minimum Gasteiger partial charge on any atom is -0.296 e. The van der Waals surface area contributed by atoms with Crippen molar-refractivity contribution in [1.82, 2.24) is 5.32 Å². The van der Waals surface area contributed by atoms with Gasteiger partial charge in [-0.1, -0.05) is 53.7 Å². The molecule has 3 rings (SSSR count). The van der Waals surface area contributed by atoms with Crippen molar-refractivity contribution in [1.29, 1.82) is 0 Å². The maximum Gasteiger partial charge on any atom is 0.234 e. The van der Waals surface area contributed by atoms with Crippen LogP contribution in [0.3, 0.4) is 0 Å². The molecule has 0 bridgehead atoms. The largest absolute Gasteiger partial charge is 0.296 e. The number of rotatable bonds is 1. The highest BCUT2D eigenvalue weighted by molar-refractivity contribution is 9.10. The van der Waals surface area contributed by atoms with E-state index in [0.717, 1.165) is 35.7 Å². The highest BCUT2D eigenvalue weighted by Gasteiger charge is 2.48. The molecule has 3 nitrogen and oxygen atoms in total. The Kier molecular flexibility index (Phi) is 4.16. The highest BCUT2D eigenvalue weighted by Crippen LogP contribution is 2.50. The summed E-state index contributed by atoms with van der Waals surface area (Å²) in [4.78, 5) is 24.5. The van der Waals surface area contributed by atoms with Crippen LogP contribution < -0.4 is 5.32 Å². The number of imide groups is 1. The maximum absolute atomic E-state index is 12.5. The van der Waals surface area contributed by atoms with Gasteiger partial charge in [-0.3, -0.25) is 14.9 Å². The number of piperidine rings is 1. The lowest BCUT2D eigenvalue weighted by Gasteiger charge is -2.42. The summed E-state index contributed by atoms with van der Waals surface area (Å²) in [7, 11) is 0. The summed E-state index contributed by atoms with van der Waals surface area (Å²) in [5.74, 6) is -0.410. The van der Waals surface area contributed by atoms with E-state index in [-0.39, 0.29) is 23.1 Å². The molecule has 1 aromatic carbocycles. The van der Waals surface area contributed by atoms with Gasteiger partial charge in [0.25, 0.3) is 0 Å². The van der Waals surface area contributed by atoms with Crippen LogP contribution >= 0.6 is 15.9 Å². The third-order valence-corrected chi connectivity index (χ3v) is 5.48. The molecule has 21 heavy (non-hydrogen) atoms. The van der Waals surface area contributed by atoms with Crippen LogP contribution in [0.1, 0.15) is 56.4 Å². The lowest BCUT2D eigenvalue weighted by molar-refractivity contribution is -0.140. The van der Waals surface area contributed by atoms with Gasteiger partial charge in [0.1, 0.15) is 0 Å². The SMILES string of the molecule is O=C1CC2(CCCCCC2)C(c2ccc(Br)cc2)C(=O)N1. The van der Waals surface area contributed by atoms with E-state index in [0.29, 0.717) is 6.42 Å². The molecule has 1 spiro atoms. The summed E-state index contributed by atoms with van der Waals surface area (Å²) < 4.78 is 1.01. The third kappa shape index (κ3) is 2.91. The molecule has 1 aliphatic carbocycles. The van der Waals surface area contributed by atoms with Crippen LogP contribution in [-0.2, 0) is 9.59 Å². The van der Waals surface area contributed by atoms with E-state index < -0.39 is 0 Å². The number of carbonyl (C=O) groups excluding carboxylic acids is 2. The molecule has 2 aliphatic rings. The summed E-state index contributed by atoms with van der Waals surface area (Å²) >= 11 is 3.44. The number of hydrogen-bond donors (Lipinski definition) is 1. The smallest absolute Gasteiger partial charge is 0.234 e. The zero-order chi connectivity index (χ0) is 14.9. The van der Waals surface area contributed by atoms with Gasteiger partial charge < -0.3 is 0 Å². The molecule has 1 aromatic rings. The van der Waals surface area contributed by atoms with Crippen LogP contribution in [0, 0.1) is 5.41 Å². The molecule has 1 aliphatic heterocycles. The monoisotopic (exact) mass is 349 g/mol. The van der Waals surface area contributed by atoms with Crippen LogP contribution in [0.2, 0.25) is 0 Å². The fourth-order valence-electron chi connectivity index (χ4n) is 4.01. The van der Waals surface area contributed by atoms with Gasteiger partial charge in [0, 0.05) is 10.9 Å². The van der Waals surface area contributed by atoms with E-state index >= 15 is 0 Å². The van der Waals surface area contributed by atoms with Gasteiger partial charge in [0.15, 0.2) is 0 Å². The molecule has 1 saturated heterocycles. The topological polar surface area (TPSA) is 46.2 Å². The Bertz CT molecular complexity index is 544. The van der Waals surface area contributed by atoms with E-state index in [1.165, 1.54) is 12.8 Å². The van der Waals surface area contributed by atoms with Crippen LogP contribution in [-0.4, -0.2) is 11.8 Å². The predicted octanol–water partition coefficient (Wildman–Crippen LogP) is 3.92. The zero-order valence-electron chi connectivity index (χ0n) is 12.0. The van der Waals surface area contributed by atoms with Crippen molar-refractivity contribution in [3.8, 4) is 0 Å². The Morgan fingerprint density at radius 1 is 1.00 bits per heavy atom. The van der Waals surface area contributed by atoms with Crippen molar-refractivity contribution in [3.63, 3.8) is 0 Å². The van der Waals surface area contributed by atoms with Gasteiger partial charge in [-0.2, -0.15) is 0 Å². The summed E-state index contributed by atoms with van der Waals surface area (Å²) in [6.45, 7) is 0. The molecule has 4 heteroatoms. The van der Waals surface area contributed by atoms with E-state index in [1.54, 1.807) is 0 Å². The molecule has 1 atom stereocenters. The summed E-state index contributed by atoms with van der Waals surface area (Å²) in [5.41, 5.74) is 0.856. The Hall–Kier alpha value is -1.16. The number of halogens is 1. The van der Waals surface area contributed by atoms with Crippen LogP contribution in [0.4, 0.5) is 0 Å². The minimum atomic E-state index is -0.193. The van der Waals surface area contributed by atoms with Gasteiger partial charge >= 0.3 is 0 Å². The second-order valence-electron chi connectivity index (χ2n) is 6.35. The molecular formula is C17H20BrNO2. The molecule has 2 fully saturated rings. The molecule has 112 valence electrons. The fourth-order valence-corrected chi connectivity index (χ4v) is 4.28. The van der Waals surface area contributed by atoms with Crippen molar-refractivity contribution in [3.05, 3.63) is 34.3 Å². The van der Waals surface area contributed by atoms with E-state index in [9.17, 15) is 9.59 Å². The second-order valence-corrected chi connectivity index (χ2v) is 7.27. The summed E-state index contributed by atoms with van der Waals surface area (Å²) in [6.07, 6.45) is 7.11. The van der Waals surface area contributed by atoms with Crippen LogP contribution in [0.5, 0.6) is 0 Å². The van der Waals surface area contributed by atoms with Crippen molar-refractivity contribution in [2.45, 2.75) is 50.9 Å². The Morgan fingerprint density at radius 2 is 1.62 bits per heavy atom. The zero-order valence-corrected chi connectivity index (χ0v) is 13.6. The number of nitrogens with one attached hydrogen (secondary N) is 1. The molecule has 1 unspecified atom stereocenters. The van der Waals surface area contributed by atoms with Gasteiger partial charge in [-0.15, -0.1) is 0 Å². The third-order valence-electron chi connectivity index (χ3n) is 4.95. The molecule has 2 amide bonds. The molecule has 1 N–H and O–H groups in total. The van der Waals surface area contributed by atoms with Gasteiger partial charge in [-0.25, -0.2) is 0 Å². The lowest BCUT2D eigenvalue weighted by Crippen LogP contribution is -2.50. The second kappa shape index (κ2) is 5.91. The molecule has 1 saturated carbocycles. The minimum absolute atomic E-state index is 0.102. The predicted molar refractivity (Wildman–Crippen MR) is 84.8 cm³/mol. The van der Waals surface area contributed by atoms with Crippen molar-refractivity contribution in [2.75, 3.05) is 0 Å². The molecule has 0 aromatic heterocycles. The first-order valence-corrected chi connectivity index (χ1v) is 8.49. The van der Waals surface area contributed by atoms with E-state index in [1.807, 2.05) is 24.3 Å². The first kappa shape index (κ1) is 14.8. The maximum atomic E-state index is 12.5. The fraction of sp³-hybridized carbons (Fsp3) is 0.529. The molecule has 0 radical (unpaired) electrons. The van der Waals surface area contributed by atoms with Crippen LogP contribution in [0.25, 0.3) is 0 Å². The first-order chi connectivity index (χ1) is 10.1. The number of amides is 2. The highest BCUT2D eigenvalue weighted by atomic mass is 79.9. The van der Waals surface area contributed by atoms with E-state index in [4.69, 9.17) is 0 Å². The van der Waals surface area contributed by atoms with Crippen molar-refractivity contribution >= 4 is 27.7 Å². The standard InChI is InChI=1S/C17H20BrNO2/c18-13-7-5-12(6-8-13)15-16(21)19-14(20)11-17(15)9-3-1-2-4-10-17/h5-8,15H,1-4,9-11H2,(H,19,20,21). The Labute approximate surface area is 133 Å². The lowest BCUT2D eigenvalue weighted by atomic mass is 9.63. The molecular weight excluding hydrogens is 330 g/mol. The Morgan fingerprint density at radius 3 is 2.24 bits per heavy atom. The normalized spacial score (nSPS) is 25.5. The average molecular weight is 350 g/mol.